The lowest BCUT2D eigenvalue weighted by atomic mass is 10.0. The highest BCUT2D eigenvalue weighted by molar-refractivity contribution is 7.08. The van der Waals surface area contributed by atoms with Crippen molar-refractivity contribution < 1.29 is 4.79 Å². The molecule has 2 aromatic rings. The van der Waals surface area contributed by atoms with Crippen LogP contribution in [0.25, 0.3) is 0 Å². The van der Waals surface area contributed by atoms with Crippen molar-refractivity contribution in [2.75, 3.05) is 0 Å². The predicted molar refractivity (Wildman–Crippen MR) is 68.3 cm³/mol. The van der Waals surface area contributed by atoms with E-state index in [0.29, 0.717) is 0 Å². The van der Waals surface area contributed by atoms with Gasteiger partial charge in [-0.25, -0.2) is 0 Å². The van der Waals surface area contributed by atoms with E-state index in [1.165, 1.54) is 5.56 Å². The van der Waals surface area contributed by atoms with Crippen molar-refractivity contribution in [2.24, 2.45) is 0 Å². The van der Waals surface area contributed by atoms with Gasteiger partial charge in [-0.15, -0.1) is 0 Å². The second-order valence-corrected chi connectivity index (χ2v) is 4.60. The maximum Gasteiger partial charge on any atom is 0.194 e. The zero-order valence-corrected chi connectivity index (χ0v) is 10.3. The molecule has 0 bridgehead atoms. The average molecular weight is 230 g/mol. The summed E-state index contributed by atoms with van der Waals surface area (Å²) in [5.41, 5.74) is 3.90. The van der Waals surface area contributed by atoms with E-state index in [2.05, 4.69) is 13.0 Å². The summed E-state index contributed by atoms with van der Waals surface area (Å²) in [6.07, 6.45) is 0.962. The molecule has 0 radical (unpaired) electrons. The molecule has 16 heavy (non-hydrogen) atoms. The van der Waals surface area contributed by atoms with Crippen LogP contribution in [0.2, 0.25) is 0 Å². The first-order chi connectivity index (χ1) is 7.72. The molecular weight excluding hydrogens is 216 g/mol. The summed E-state index contributed by atoms with van der Waals surface area (Å²) in [5.74, 6) is 0.133. The molecule has 2 heteroatoms. The lowest BCUT2D eigenvalue weighted by Crippen LogP contribution is -2.01. The number of aryl methyl sites for hydroxylation is 2. The minimum Gasteiger partial charge on any atom is -0.289 e. The SMILES string of the molecule is CCc1cccc(C(=O)c2cscc2C)c1. The fraction of sp³-hybridized carbons (Fsp3) is 0.214. The molecule has 1 aromatic carbocycles. The molecule has 1 heterocycles. The van der Waals surface area contributed by atoms with Crippen LogP contribution in [0, 0.1) is 6.92 Å². The number of hydrogen-bond acceptors (Lipinski definition) is 2. The molecule has 2 rings (SSSR count). The Hall–Kier alpha value is -1.41. The molecule has 0 unspecified atom stereocenters. The minimum absolute atomic E-state index is 0.133. The molecule has 0 aliphatic carbocycles. The summed E-state index contributed by atoms with van der Waals surface area (Å²) in [6.45, 7) is 4.08. The van der Waals surface area contributed by atoms with Gasteiger partial charge >= 0.3 is 0 Å². The van der Waals surface area contributed by atoms with Crippen LogP contribution in [0.5, 0.6) is 0 Å². The molecule has 0 saturated heterocycles. The fourth-order valence-corrected chi connectivity index (χ4v) is 2.51. The maximum absolute atomic E-state index is 12.2. The molecule has 0 atom stereocenters. The summed E-state index contributed by atoms with van der Waals surface area (Å²) in [5, 5.41) is 3.94. The number of ketones is 1. The Morgan fingerprint density at radius 1 is 1.31 bits per heavy atom. The lowest BCUT2D eigenvalue weighted by molar-refractivity contribution is 0.103. The molecule has 0 fully saturated rings. The fourth-order valence-electron chi connectivity index (χ4n) is 1.68. The molecular formula is C14H14OS. The van der Waals surface area contributed by atoms with Gasteiger partial charge in [0.1, 0.15) is 0 Å². The van der Waals surface area contributed by atoms with Crippen molar-refractivity contribution in [1.82, 2.24) is 0 Å². The Bertz CT molecular complexity index is 511. The van der Waals surface area contributed by atoms with Crippen molar-refractivity contribution in [2.45, 2.75) is 20.3 Å². The largest absolute Gasteiger partial charge is 0.289 e. The van der Waals surface area contributed by atoms with Gasteiger partial charge in [-0.2, -0.15) is 11.3 Å². The predicted octanol–water partition coefficient (Wildman–Crippen LogP) is 3.85. The van der Waals surface area contributed by atoms with Crippen LogP contribution in [-0.2, 0) is 6.42 Å². The van der Waals surface area contributed by atoms with Crippen LogP contribution >= 0.6 is 11.3 Å². The van der Waals surface area contributed by atoms with Gasteiger partial charge in [-0.05, 0) is 35.9 Å². The topological polar surface area (TPSA) is 17.1 Å². The Labute approximate surface area is 99.8 Å². The molecule has 1 nitrogen and oxygen atoms in total. The molecule has 1 aromatic heterocycles. The van der Waals surface area contributed by atoms with Crippen molar-refractivity contribution >= 4 is 17.1 Å². The van der Waals surface area contributed by atoms with Gasteiger partial charge in [0.15, 0.2) is 5.78 Å². The van der Waals surface area contributed by atoms with Gasteiger partial charge in [0.2, 0.25) is 0 Å². The van der Waals surface area contributed by atoms with E-state index >= 15 is 0 Å². The van der Waals surface area contributed by atoms with E-state index in [-0.39, 0.29) is 5.78 Å². The Morgan fingerprint density at radius 2 is 2.12 bits per heavy atom. The quantitative estimate of drug-likeness (QED) is 0.732. The lowest BCUT2D eigenvalue weighted by Gasteiger charge is -2.02. The molecule has 0 spiro atoms. The number of benzene rings is 1. The average Bonchev–Trinajstić information content (AvgIpc) is 2.74. The third-order valence-electron chi connectivity index (χ3n) is 2.70. The van der Waals surface area contributed by atoms with Crippen molar-refractivity contribution in [1.29, 1.82) is 0 Å². The van der Waals surface area contributed by atoms with Crippen LogP contribution < -0.4 is 0 Å². The molecule has 0 N–H and O–H groups in total. The van der Waals surface area contributed by atoms with E-state index in [9.17, 15) is 4.79 Å². The highest BCUT2D eigenvalue weighted by atomic mass is 32.1. The first kappa shape index (κ1) is 11.1. The van der Waals surface area contributed by atoms with Crippen molar-refractivity contribution in [3.8, 4) is 0 Å². The third-order valence-corrected chi connectivity index (χ3v) is 3.56. The van der Waals surface area contributed by atoms with Gasteiger partial charge in [-0.1, -0.05) is 25.1 Å². The van der Waals surface area contributed by atoms with Crippen LogP contribution in [0.1, 0.15) is 34.0 Å². The summed E-state index contributed by atoms with van der Waals surface area (Å²) in [7, 11) is 0. The van der Waals surface area contributed by atoms with Crippen molar-refractivity contribution in [3.63, 3.8) is 0 Å². The minimum atomic E-state index is 0.133. The van der Waals surface area contributed by atoms with E-state index in [1.807, 2.05) is 35.9 Å². The number of thiophene rings is 1. The summed E-state index contributed by atoms with van der Waals surface area (Å²) >= 11 is 1.58. The number of hydrogen-bond donors (Lipinski definition) is 0. The second-order valence-electron chi connectivity index (χ2n) is 3.85. The molecule has 0 aliphatic heterocycles. The van der Waals surface area contributed by atoms with Gasteiger partial charge in [0, 0.05) is 16.5 Å². The first-order valence-electron chi connectivity index (χ1n) is 5.38. The van der Waals surface area contributed by atoms with Gasteiger partial charge in [0.05, 0.1) is 0 Å². The Kier molecular flexibility index (Phi) is 3.20. The van der Waals surface area contributed by atoms with Gasteiger partial charge in [-0.3, -0.25) is 4.79 Å². The first-order valence-corrected chi connectivity index (χ1v) is 6.33. The highest BCUT2D eigenvalue weighted by Gasteiger charge is 2.12. The maximum atomic E-state index is 12.2. The van der Waals surface area contributed by atoms with Crippen LogP contribution in [-0.4, -0.2) is 5.78 Å². The number of carbonyl (C=O) groups excluding carboxylic acids is 1. The van der Waals surface area contributed by atoms with Crippen molar-refractivity contribution in [3.05, 3.63) is 57.3 Å². The summed E-state index contributed by atoms with van der Waals surface area (Å²) in [4.78, 5) is 12.2. The van der Waals surface area contributed by atoms with E-state index in [4.69, 9.17) is 0 Å². The molecule has 82 valence electrons. The van der Waals surface area contributed by atoms with Gasteiger partial charge in [0.25, 0.3) is 0 Å². The zero-order valence-electron chi connectivity index (χ0n) is 9.49. The molecule has 0 saturated carbocycles. The summed E-state index contributed by atoms with van der Waals surface area (Å²) in [6, 6.07) is 7.88. The second kappa shape index (κ2) is 4.62. The smallest absolute Gasteiger partial charge is 0.194 e. The van der Waals surface area contributed by atoms with E-state index < -0.39 is 0 Å². The van der Waals surface area contributed by atoms with E-state index in [1.54, 1.807) is 11.3 Å². The monoisotopic (exact) mass is 230 g/mol. The summed E-state index contributed by atoms with van der Waals surface area (Å²) < 4.78 is 0. The van der Waals surface area contributed by atoms with E-state index in [0.717, 1.165) is 23.1 Å². The normalized spacial score (nSPS) is 10.4. The highest BCUT2D eigenvalue weighted by Crippen LogP contribution is 2.18. The number of carbonyl (C=O) groups is 1. The third kappa shape index (κ3) is 2.07. The molecule has 0 amide bonds. The van der Waals surface area contributed by atoms with Crippen LogP contribution in [0.4, 0.5) is 0 Å². The van der Waals surface area contributed by atoms with Crippen LogP contribution in [0.3, 0.4) is 0 Å². The molecule has 0 aliphatic rings. The number of rotatable bonds is 3. The Morgan fingerprint density at radius 3 is 2.75 bits per heavy atom. The van der Waals surface area contributed by atoms with Gasteiger partial charge < -0.3 is 0 Å². The zero-order chi connectivity index (χ0) is 11.5. The standard InChI is InChI=1S/C14H14OS/c1-3-11-5-4-6-12(7-11)14(15)13-9-16-8-10(13)2/h4-9H,3H2,1-2H3. The Balaban J connectivity index is 2.38. The van der Waals surface area contributed by atoms with Crippen LogP contribution in [0.15, 0.2) is 35.0 Å².